The lowest BCUT2D eigenvalue weighted by Gasteiger charge is -2.12. The van der Waals surface area contributed by atoms with Crippen molar-refractivity contribution in [2.45, 2.75) is 52.6 Å². The van der Waals surface area contributed by atoms with E-state index in [2.05, 4.69) is 6.92 Å². The van der Waals surface area contributed by atoms with Crippen LogP contribution in [0.1, 0.15) is 56.6 Å². The second kappa shape index (κ2) is 12.3. The van der Waals surface area contributed by atoms with Crippen molar-refractivity contribution < 1.29 is 19.0 Å². The summed E-state index contributed by atoms with van der Waals surface area (Å²) in [5.41, 5.74) is 0.848. The fourth-order valence-electron chi connectivity index (χ4n) is 2.92. The molecular weight excluding hydrogens is 392 g/mol. The Balaban J connectivity index is 1.78. The molecule has 1 N–H and O–H groups in total. The third kappa shape index (κ3) is 7.26. The van der Waals surface area contributed by atoms with Gasteiger partial charge in [-0.1, -0.05) is 31.0 Å². The van der Waals surface area contributed by atoms with Gasteiger partial charge in [-0.3, -0.25) is 4.79 Å². The van der Waals surface area contributed by atoms with Gasteiger partial charge in [0.1, 0.15) is 18.1 Å². The smallest absolute Gasteiger partial charge is 0.227 e. The maximum atomic E-state index is 12.2. The number of allylic oxidation sites excluding steroid dienone is 1. The molecule has 29 heavy (non-hydrogen) atoms. The summed E-state index contributed by atoms with van der Waals surface area (Å²) in [4.78, 5) is 12.2. The summed E-state index contributed by atoms with van der Waals surface area (Å²) in [5.74, 6) is 1.63. The number of hydrogen-bond donors (Lipinski definition) is 1. The van der Waals surface area contributed by atoms with E-state index >= 15 is 0 Å². The molecule has 0 amide bonds. The standard InChI is InChI=1S/C23H29ClO5/c1-3-8-17-14-18(24)10-11-21(17)27-12-6-5-7-13-28-23-20(26)15-19(16-25)29-22(23)9-4-2/h4,9-11,14-15,25H,3,5-8,12-13,16H2,1-2H3/b9-4-. The Morgan fingerprint density at radius 3 is 2.59 bits per heavy atom. The predicted molar refractivity (Wildman–Crippen MR) is 116 cm³/mol. The number of ether oxygens (including phenoxy) is 2. The number of aliphatic hydroxyl groups excluding tert-OH is 1. The molecule has 0 aliphatic carbocycles. The Bertz CT molecular complexity index is 857. The Kier molecular flexibility index (Phi) is 9.81. The summed E-state index contributed by atoms with van der Waals surface area (Å²) in [6.45, 7) is 4.66. The maximum Gasteiger partial charge on any atom is 0.227 e. The van der Waals surface area contributed by atoms with Gasteiger partial charge < -0.3 is 19.0 Å². The van der Waals surface area contributed by atoms with Gasteiger partial charge in [0.25, 0.3) is 0 Å². The van der Waals surface area contributed by atoms with E-state index in [1.807, 2.05) is 25.1 Å². The minimum absolute atomic E-state index is 0.182. The molecule has 1 aromatic heterocycles. The van der Waals surface area contributed by atoms with Crippen LogP contribution in [-0.4, -0.2) is 18.3 Å². The number of unbranched alkanes of at least 4 members (excludes halogenated alkanes) is 2. The molecule has 2 aromatic rings. The van der Waals surface area contributed by atoms with Crippen molar-refractivity contribution in [3.8, 4) is 11.5 Å². The quantitative estimate of drug-likeness (QED) is 0.465. The molecule has 5 nitrogen and oxygen atoms in total. The zero-order valence-electron chi connectivity index (χ0n) is 17.1. The zero-order chi connectivity index (χ0) is 21.1. The molecule has 0 atom stereocenters. The Labute approximate surface area is 176 Å². The molecule has 1 heterocycles. The van der Waals surface area contributed by atoms with Crippen LogP contribution in [0.4, 0.5) is 0 Å². The minimum Gasteiger partial charge on any atom is -0.493 e. The molecule has 0 unspecified atom stereocenters. The van der Waals surface area contributed by atoms with E-state index in [0.717, 1.165) is 48.4 Å². The van der Waals surface area contributed by atoms with E-state index in [1.165, 1.54) is 6.07 Å². The van der Waals surface area contributed by atoms with E-state index in [-0.39, 0.29) is 23.5 Å². The molecule has 0 spiro atoms. The van der Waals surface area contributed by atoms with Crippen LogP contribution >= 0.6 is 11.6 Å². The van der Waals surface area contributed by atoms with Gasteiger partial charge >= 0.3 is 0 Å². The van der Waals surface area contributed by atoms with Crippen molar-refractivity contribution in [3.63, 3.8) is 0 Å². The third-order valence-electron chi connectivity index (χ3n) is 4.29. The number of aryl methyl sites for hydroxylation is 1. The average Bonchev–Trinajstić information content (AvgIpc) is 2.70. The minimum atomic E-state index is -0.326. The topological polar surface area (TPSA) is 68.9 Å². The van der Waals surface area contributed by atoms with Crippen LogP contribution in [0.25, 0.3) is 6.08 Å². The molecule has 0 radical (unpaired) electrons. The molecular formula is C23H29ClO5. The molecule has 158 valence electrons. The van der Waals surface area contributed by atoms with Gasteiger partial charge in [0, 0.05) is 11.1 Å². The fourth-order valence-corrected chi connectivity index (χ4v) is 3.12. The molecule has 0 bridgehead atoms. The SMILES string of the molecule is C/C=C\c1oc(CO)cc(=O)c1OCCCCCOc1ccc(Cl)cc1CCC. The Morgan fingerprint density at radius 1 is 1.14 bits per heavy atom. The number of hydrogen-bond acceptors (Lipinski definition) is 5. The third-order valence-corrected chi connectivity index (χ3v) is 4.52. The summed E-state index contributed by atoms with van der Waals surface area (Å²) in [6, 6.07) is 6.99. The lowest BCUT2D eigenvalue weighted by molar-refractivity contribution is 0.234. The molecule has 0 aliphatic heterocycles. The second-order valence-electron chi connectivity index (χ2n) is 6.69. The predicted octanol–water partition coefficient (Wildman–Crippen LogP) is 5.40. The van der Waals surface area contributed by atoms with Crippen molar-refractivity contribution >= 4 is 17.7 Å². The number of benzene rings is 1. The fraction of sp³-hybridized carbons (Fsp3) is 0.435. The van der Waals surface area contributed by atoms with Crippen molar-refractivity contribution in [2.24, 2.45) is 0 Å². The van der Waals surface area contributed by atoms with Crippen molar-refractivity contribution in [3.05, 3.63) is 62.7 Å². The number of halogens is 1. The average molecular weight is 421 g/mol. The largest absolute Gasteiger partial charge is 0.493 e. The van der Waals surface area contributed by atoms with E-state index in [4.69, 9.17) is 30.6 Å². The summed E-state index contributed by atoms with van der Waals surface area (Å²) in [5, 5.41) is 9.90. The van der Waals surface area contributed by atoms with Crippen molar-refractivity contribution in [1.29, 1.82) is 0 Å². The van der Waals surface area contributed by atoms with E-state index < -0.39 is 0 Å². The zero-order valence-corrected chi connectivity index (χ0v) is 17.8. The van der Waals surface area contributed by atoms with Gasteiger partial charge in [0.15, 0.2) is 5.76 Å². The van der Waals surface area contributed by atoms with Crippen molar-refractivity contribution in [2.75, 3.05) is 13.2 Å². The molecule has 0 saturated carbocycles. The van der Waals surface area contributed by atoms with E-state index in [0.29, 0.717) is 19.0 Å². The summed E-state index contributed by atoms with van der Waals surface area (Å²) in [7, 11) is 0. The van der Waals surface area contributed by atoms with Gasteiger partial charge in [0.05, 0.1) is 13.2 Å². The molecule has 0 saturated heterocycles. The highest BCUT2D eigenvalue weighted by Gasteiger charge is 2.11. The first kappa shape index (κ1) is 23.0. The highest BCUT2D eigenvalue weighted by atomic mass is 35.5. The Morgan fingerprint density at radius 2 is 1.90 bits per heavy atom. The summed E-state index contributed by atoms with van der Waals surface area (Å²) >= 11 is 6.07. The molecule has 0 fully saturated rings. The molecule has 1 aromatic carbocycles. The Hall–Kier alpha value is -2.24. The molecule has 6 heteroatoms. The maximum absolute atomic E-state index is 12.2. The van der Waals surface area contributed by atoms with Crippen LogP contribution in [0.5, 0.6) is 11.5 Å². The first-order valence-corrected chi connectivity index (χ1v) is 10.4. The summed E-state index contributed by atoms with van der Waals surface area (Å²) < 4.78 is 17.0. The molecule has 0 aliphatic rings. The van der Waals surface area contributed by atoms with E-state index in [9.17, 15) is 4.79 Å². The van der Waals surface area contributed by atoms with Crippen LogP contribution in [0.3, 0.4) is 0 Å². The van der Waals surface area contributed by atoms with Crippen LogP contribution < -0.4 is 14.9 Å². The number of aliphatic hydroxyl groups is 1. The highest BCUT2D eigenvalue weighted by Crippen LogP contribution is 2.24. The van der Waals surface area contributed by atoms with Gasteiger partial charge in [0.2, 0.25) is 11.2 Å². The van der Waals surface area contributed by atoms with Gasteiger partial charge in [-0.2, -0.15) is 0 Å². The van der Waals surface area contributed by atoms with Crippen LogP contribution in [0.15, 0.2) is 39.6 Å². The van der Waals surface area contributed by atoms with Crippen LogP contribution in [0.2, 0.25) is 5.02 Å². The number of rotatable bonds is 12. The highest BCUT2D eigenvalue weighted by molar-refractivity contribution is 6.30. The van der Waals surface area contributed by atoms with Crippen LogP contribution in [-0.2, 0) is 13.0 Å². The summed E-state index contributed by atoms with van der Waals surface area (Å²) in [6.07, 6.45) is 7.98. The van der Waals surface area contributed by atoms with Gasteiger partial charge in [-0.15, -0.1) is 0 Å². The van der Waals surface area contributed by atoms with E-state index in [1.54, 1.807) is 12.2 Å². The van der Waals surface area contributed by atoms with Gasteiger partial charge in [-0.25, -0.2) is 0 Å². The molecule has 2 rings (SSSR count). The first-order chi connectivity index (χ1) is 14.1. The monoisotopic (exact) mass is 420 g/mol. The second-order valence-corrected chi connectivity index (χ2v) is 7.12. The lowest BCUT2D eigenvalue weighted by Crippen LogP contribution is -2.11. The normalized spacial score (nSPS) is 11.2. The lowest BCUT2D eigenvalue weighted by atomic mass is 10.1. The van der Waals surface area contributed by atoms with Gasteiger partial charge in [-0.05, 0) is 62.4 Å². The first-order valence-electron chi connectivity index (χ1n) is 10.0. The van der Waals surface area contributed by atoms with Crippen molar-refractivity contribution in [1.82, 2.24) is 0 Å². The van der Waals surface area contributed by atoms with Crippen LogP contribution in [0, 0.1) is 0 Å².